The Bertz CT molecular complexity index is 279. The van der Waals surface area contributed by atoms with E-state index >= 15 is 0 Å². The molecule has 2 heterocycles. The molecule has 0 radical (unpaired) electrons. The fraction of sp³-hybridized carbons (Fsp3) is 0.700. The summed E-state index contributed by atoms with van der Waals surface area (Å²) in [4.78, 5) is 0. The van der Waals surface area contributed by atoms with Crippen molar-refractivity contribution in [1.29, 1.82) is 0 Å². The molecule has 1 saturated heterocycles. The van der Waals surface area contributed by atoms with Gasteiger partial charge in [0.1, 0.15) is 6.67 Å². The van der Waals surface area contributed by atoms with Gasteiger partial charge in [-0.05, 0) is 25.5 Å². The molecule has 0 aromatic carbocycles. The number of halogens is 1. The summed E-state index contributed by atoms with van der Waals surface area (Å²) >= 11 is 0. The van der Waals surface area contributed by atoms with Crippen molar-refractivity contribution >= 4 is 0 Å². The molecule has 2 rings (SSSR count). The largest absolute Gasteiger partial charge is 0.312 e. The van der Waals surface area contributed by atoms with Crippen LogP contribution in [0.3, 0.4) is 0 Å². The standard InChI is InChI=1S/C10H16FN3/c11-7-10-4-6-13-14(10)8-9-3-1-2-5-12-9/h4,6,9,12H,1-3,5,7-8H2. The second-order valence-corrected chi connectivity index (χ2v) is 3.79. The predicted molar refractivity (Wildman–Crippen MR) is 52.7 cm³/mol. The van der Waals surface area contributed by atoms with Crippen LogP contribution in [0.4, 0.5) is 4.39 Å². The maximum absolute atomic E-state index is 12.5. The van der Waals surface area contributed by atoms with Crippen molar-refractivity contribution in [2.24, 2.45) is 0 Å². The van der Waals surface area contributed by atoms with Gasteiger partial charge in [0.2, 0.25) is 0 Å². The zero-order valence-electron chi connectivity index (χ0n) is 8.25. The summed E-state index contributed by atoms with van der Waals surface area (Å²) in [5.41, 5.74) is 0.678. The second-order valence-electron chi connectivity index (χ2n) is 3.79. The minimum Gasteiger partial charge on any atom is -0.312 e. The van der Waals surface area contributed by atoms with E-state index in [9.17, 15) is 4.39 Å². The van der Waals surface area contributed by atoms with Gasteiger partial charge in [-0.15, -0.1) is 0 Å². The van der Waals surface area contributed by atoms with Crippen molar-refractivity contribution in [3.8, 4) is 0 Å². The smallest absolute Gasteiger partial charge is 0.131 e. The zero-order valence-corrected chi connectivity index (χ0v) is 8.25. The van der Waals surface area contributed by atoms with E-state index in [4.69, 9.17) is 0 Å². The summed E-state index contributed by atoms with van der Waals surface area (Å²) in [6.45, 7) is 1.45. The number of alkyl halides is 1. The molecule has 1 N–H and O–H groups in total. The molecule has 1 aromatic rings. The lowest BCUT2D eigenvalue weighted by atomic mass is 10.1. The Morgan fingerprint density at radius 1 is 1.57 bits per heavy atom. The van der Waals surface area contributed by atoms with Gasteiger partial charge in [0.15, 0.2) is 0 Å². The Balaban J connectivity index is 1.95. The van der Waals surface area contributed by atoms with Crippen LogP contribution in [0.25, 0.3) is 0 Å². The molecule has 0 aliphatic carbocycles. The van der Waals surface area contributed by atoms with E-state index in [2.05, 4.69) is 10.4 Å². The molecule has 14 heavy (non-hydrogen) atoms. The molecule has 3 nitrogen and oxygen atoms in total. The predicted octanol–water partition coefficient (Wildman–Crippen LogP) is 1.49. The van der Waals surface area contributed by atoms with Gasteiger partial charge < -0.3 is 5.32 Å². The van der Waals surface area contributed by atoms with Crippen LogP contribution in [0.1, 0.15) is 25.0 Å². The first kappa shape index (κ1) is 9.65. The average molecular weight is 197 g/mol. The van der Waals surface area contributed by atoms with E-state index < -0.39 is 6.67 Å². The summed E-state index contributed by atoms with van der Waals surface area (Å²) in [5.74, 6) is 0. The summed E-state index contributed by atoms with van der Waals surface area (Å²) < 4.78 is 14.3. The van der Waals surface area contributed by atoms with Crippen LogP contribution in [0.15, 0.2) is 12.3 Å². The highest BCUT2D eigenvalue weighted by atomic mass is 19.1. The Morgan fingerprint density at radius 3 is 3.21 bits per heavy atom. The van der Waals surface area contributed by atoms with E-state index in [-0.39, 0.29) is 0 Å². The minimum absolute atomic E-state index is 0.424. The van der Waals surface area contributed by atoms with Gasteiger partial charge in [-0.2, -0.15) is 5.10 Å². The molecule has 0 bridgehead atoms. The third-order valence-corrected chi connectivity index (χ3v) is 2.75. The third-order valence-electron chi connectivity index (χ3n) is 2.75. The Morgan fingerprint density at radius 2 is 2.50 bits per heavy atom. The van der Waals surface area contributed by atoms with Gasteiger partial charge in [0.05, 0.1) is 12.2 Å². The summed E-state index contributed by atoms with van der Waals surface area (Å²) in [7, 11) is 0. The van der Waals surface area contributed by atoms with Crippen molar-refractivity contribution < 1.29 is 4.39 Å². The first-order valence-electron chi connectivity index (χ1n) is 5.20. The highest BCUT2D eigenvalue weighted by Gasteiger charge is 2.14. The molecule has 0 saturated carbocycles. The number of nitrogens with one attached hydrogen (secondary N) is 1. The van der Waals surface area contributed by atoms with Crippen LogP contribution in [0.2, 0.25) is 0 Å². The number of aromatic nitrogens is 2. The topological polar surface area (TPSA) is 29.9 Å². The fourth-order valence-corrected chi connectivity index (χ4v) is 1.93. The quantitative estimate of drug-likeness (QED) is 0.795. The fourth-order valence-electron chi connectivity index (χ4n) is 1.93. The number of rotatable bonds is 3. The van der Waals surface area contributed by atoms with Gasteiger partial charge in [0.25, 0.3) is 0 Å². The molecule has 1 aliphatic heterocycles. The highest BCUT2D eigenvalue weighted by Crippen LogP contribution is 2.10. The first-order valence-corrected chi connectivity index (χ1v) is 5.20. The van der Waals surface area contributed by atoms with Crippen molar-refractivity contribution in [3.63, 3.8) is 0 Å². The van der Waals surface area contributed by atoms with Crippen molar-refractivity contribution in [1.82, 2.24) is 15.1 Å². The summed E-state index contributed by atoms with van der Waals surface area (Å²) in [5, 5.41) is 7.54. The molecule has 0 amide bonds. The van der Waals surface area contributed by atoms with Gasteiger partial charge in [-0.1, -0.05) is 6.42 Å². The molecule has 1 aliphatic rings. The monoisotopic (exact) mass is 197 g/mol. The molecule has 0 spiro atoms. The van der Waals surface area contributed by atoms with E-state index in [0.717, 1.165) is 13.1 Å². The maximum atomic E-state index is 12.5. The second kappa shape index (κ2) is 4.55. The lowest BCUT2D eigenvalue weighted by Gasteiger charge is -2.23. The third kappa shape index (κ3) is 2.12. The summed E-state index contributed by atoms with van der Waals surface area (Å²) in [6, 6.07) is 2.21. The Kier molecular flexibility index (Phi) is 3.14. The molecule has 78 valence electrons. The van der Waals surface area contributed by atoms with Crippen LogP contribution in [0, 0.1) is 0 Å². The summed E-state index contributed by atoms with van der Waals surface area (Å²) in [6.07, 6.45) is 5.36. The van der Waals surface area contributed by atoms with Crippen molar-refractivity contribution in [2.45, 2.75) is 38.5 Å². The van der Waals surface area contributed by atoms with E-state index in [1.807, 2.05) is 0 Å². The Hall–Kier alpha value is -0.900. The molecule has 1 fully saturated rings. The lowest BCUT2D eigenvalue weighted by molar-refractivity contribution is 0.338. The van der Waals surface area contributed by atoms with Gasteiger partial charge in [-0.25, -0.2) is 4.39 Å². The zero-order chi connectivity index (χ0) is 9.80. The average Bonchev–Trinajstić information content (AvgIpc) is 2.67. The Labute approximate surface area is 83.3 Å². The highest BCUT2D eigenvalue weighted by molar-refractivity contribution is 4.99. The van der Waals surface area contributed by atoms with E-state index in [0.29, 0.717) is 11.7 Å². The lowest BCUT2D eigenvalue weighted by Crippen LogP contribution is -2.37. The molecule has 1 aromatic heterocycles. The van der Waals surface area contributed by atoms with Crippen molar-refractivity contribution in [3.05, 3.63) is 18.0 Å². The van der Waals surface area contributed by atoms with E-state index in [1.165, 1.54) is 19.3 Å². The number of nitrogens with zero attached hydrogens (tertiary/aromatic N) is 2. The number of hydrogen-bond donors (Lipinski definition) is 1. The van der Waals surface area contributed by atoms with Crippen LogP contribution in [-0.4, -0.2) is 22.4 Å². The first-order chi connectivity index (χ1) is 6.90. The minimum atomic E-state index is -0.424. The van der Waals surface area contributed by atoms with Gasteiger partial charge in [-0.3, -0.25) is 4.68 Å². The van der Waals surface area contributed by atoms with Crippen LogP contribution < -0.4 is 5.32 Å². The van der Waals surface area contributed by atoms with Gasteiger partial charge in [0, 0.05) is 12.2 Å². The molecule has 1 unspecified atom stereocenters. The molecular formula is C10H16FN3. The number of hydrogen-bond acceptors (Lipinski definition) is 2. The van der Waals surface area contributed by atoms with Crippen molar-refractivity contribution in [2.75, 3.05) is 6.54 Å². The van der Waals surface area contributed by atoms with Crippen LogP contribution in [-0.2, 0) is 13.2 Å². The van der Waals surface area contributed by atoms with E-state index in [1.54, 1.807) is 16.9 Å². The van der Waals surface area contributed by atoms with Gasteiger partial charge >= 0.3 is 0 Å². The van der Waals surface area contributed by atoms with Crippen LogP contribution in [0.5, 0.6) is 0 Å². The SMILES string of the molecule is FCc1ccnn1CC1CCCCN1. The molecular weight excluding hydrogens is 181 g/mol. The maximum Gasteiger partial charge on any atom is 0.131 e. The molecule has 1 atom stereocenters. The normalized spacial score (nSPS) is 22.5. The van der Waals surface area contributed by atoms with Crippen LogP contribution >= 0.6 is 0 Å². The molecule has 4 heteroatoms. The number of piperidine rings is 1.